The Labute approximate surface area is 90.7 Å². The van der Waals surface area contributed by atoms with E-state index < -0.39 is 0 Å². The Hall–Kier alpha value is -1.49. The lowest BCUT2D eigenvalue weighted by molar-refractivity contribution is 0.109. The summed E-state index contributed by atoms with van der Waals surface area (Å²) in [4.78, 5) is 14.5. The van der Waals surface area contributed by atoms with Gasteiger partial charge in [-0.1, -0.05) is 11.8 Å². The lowest BCUT2D eigenvalue weighted by atomic mass is 10.4. The van der Waals surface area contributed by atoms with Crippen LogP contribution in [-0.4, -0.2) is 11.3 Å². The Morgan fingerprint density at radius 3 is 3.00 bits per heavy atom. The minimum Gasteiger partial charge on any atom is -0.457 e. The van der Waals surface area contributed by atoms with Crippen LogP contribution in [-0.2, 0) is 5.75 Å². The van der Waals surface area contributed by atoms with Gasteiger partial charge in [0.2, 0.25) is 0 Å². The van der Waals surface area contributed by atoms with Crippen LogP contribution < -0.4 is 0 Å². The molecule has 0 saturated carbocycles. The molecule has 0 aliphatic heterocycles. The highest BCUT2D eigenvalue weighted by atomic mass is 32.2. The molecule has 2 aromatic rings. The van der Waals surface area contributed by atoms with Crippen molar-refractivity contribution < 1.29 is 13.6 Å². The maximum atomic E-state index is 10.4. The minimum absolute atomic E-state index is 0.342. The topological polar surface area (TPSA) is 56.2 Å². The van der Waals surface area contributed by atoms with Gasteiger partial charge >= 0.3 is 0 Å². The molecule has 0 unspecified atom stereocenters. The molecule has 78 valence electrons. The van der Waals surface area contributed by atoms with Gasteiger partial charge in [-0.2, -0.15) is 0 Å². The summed E-state index contributed by atoms with van der Waals surface area (Å²) in [5, 5.41) is 0.608. The van der Waals surface area contributed by atoms with Crippen molar-refractivity contribution in [3.8, 4) is 0 Å². The van der Waals surface area contributed by atoms with Gasteiger partial charge in [0.15, 0.2) is 12.0 Å². The van der Waals surface area contributed by atoms with Crippen LogP contribution in [0.15, 0.2) is 32.5 Å². The third kappa shape index (κ3) is 2.50. The second-order valence-corrected chi connectivity index (χ2v) is 3.89. The number of oxazole rings is 1. The molecule has 2 aromatic heterocycles. The first kappa shape index (κ1) is 10.0. The van der Waals surface area contributed by atoms with Gasteiger partial charge in [-0.25, -0.2) is 4.98 Å². The van der Waals surface area contributed by atoms with E-state index in [-0.39, 0.29) is 0 Å². The van der Waals surface area contributed by atoms with Crippen molar-refractivity contribution in [2.75, 3.05) is 0 Å². The average Bonchev–Trinajstić information content (AvgIpc) is 2.83. The monoisotopic (exact) mass is 223 g/mol. The third-order valence-corrected chi connectivity index (χ3v) is 2.60. The zero-order chi connectivity index (χ0) is 10.7. The maximum Gasteiger partial charge on any atom is 0.256 e. The summed E-state index contributed by atoms with van der Waals surface area (Å²) in [6.45, 7) is 1.87. The third-order valence-electron chi connectivity index (χ3n) is 1.73. The number of hydrogen-bond acceptors (Lipinski definition) is 5. The molecule has 0 amide bonds. The summed E-state index contributed by atoms with van der Waals surface area (Å²) >= 11 is 1.43. The summed E-state index contributed by atoms with van der Waals surface area (Å²) in [5.41, 5.74) is 0.852. The van der Waals surface area contributed by atoms with Gasteiger partial charge in [-0.3, -0.25) is 4.79 Å². The Morgan fingerprint density at radius 2 is 2.40 bits per heavy atom. The largest absolute Gasteiger partial charge is 0.457 e. The number of carbonyl (C=O) groups excluding carboxylic acids is 1. The van der Waals surface area contributed by atoms with Crippen LogP contribution in [0.2, 0.25) is 0 Å². The molecule has 0 radical (unpaired) electrons. The molecule has 0 spiro atoms. The number of thioether (sulfide) groups is 1. The van der Waals surface area contributed by atoms with E-state index in [1.807, 2.05) is 6.92 Å². The number of carbonyl (C=O) groups is 1. The molecular formula is C10H9NO3S. The fourth-order valence-corrected chi connectivity index (χ4v) is 1.81. The van der Waals surface area contributed by atoms with Crippen LogP contribution in [0.5, 0.6) is 0 Å². The van der Waals surface area contributed by atoms with Gasteiger partial charge in [0, 0.05) is 0 Å². The zero-order valence-electron chi connectivity index (χ0n) is 8.10. The van der Waals surface area contributed by atoms with Crippen LogP contribution in [0.4, 0.5) is 0 Å². The Morgan fingerprint density at radius 1 is 1.53 bits per heavy atom. The SMILES string of the molecule is Cc1coc(SCc2ccc(C=O)o2)n1. The van der Waals surface area contributed by atoms with Crippen molar-refractivity contribution in [3.63, 3.8) is 0 Å². The number of aryl methyl sites for hydroxylation is 1. The van der Waals surface area contributed by atoms with E-state index >= 15 is 0 Å². The van der Waals surface area contributed by atoms with E-state index in [2.05, 4.69) is 4.98 Å². The zero-order valence-corrected chi connectivity index (χ0v) is 8.91. The highest BCUT2D eigenvalue weighted by molar-refractivity contribution is 7.98. The fraction of sp³-hybridized carbons (Fsp3) is 0.200. The Bertz CT molecular complexity index is 461. The molecule has 0 N–H and O–H groups in total. The minimum atomic E-state index is 0.342. The smallest absolute Gasteiger partial charge is 0.256 e. The van der Waals surface area contributed by atoms with E-state index in [0.29, 0.717) is 23.0 Å². The van der Waals surface area contributed by atoms with Crippen LogP contribution >= 0.6 is 11.8 Å². The second kappa shape index (κ2) is 4.35. The standard InChI is InChI=1S/C10H9NO3S/c1-7-5-13-10(11-7)15-6-9-3-2-8(4-12)14-9/h2-5H,6H2,1H3. The first-order valence-corrected chi connectivity index (χ1v) is 5.35. The Balaban J connectivity index is 1.95. The van der Waals surface area contributed by atoms with E-state index in [4.69, 9.17) is 8.83 Å². The summed E-state index contributed by atoms with van der Waals surface area (Å²) in [6.07, 6.45) is 2.28. The van der Waals surface area contributed by atoms with Crippen LogP contribution in [0.1, 0.15) is 22.0 Å². The lowest BCUT2D eigenvalue weighted by Gasteiger charge is -1.91. The molecule has 0 atom stereocenters. The van der Waals surface area contributed by atoms with Crippen molar-refractivity contribution in [3.05, 3.63) is 35.6 Å². The van der Waals surface area contributed by atoms with E-state index in [9.17, 15) is 4.79 Å². The number of rotatable bonds is 4. The van der Waals surface area contributed by atoms with Crippen molar-refractivity contribution in [1.82, 2.24) is 4.98 Å². The predicted molar refractivity (Wildman–Crippen MR) is 54.9 cm³/mol. The van der Waals surface area contributed by atoms with Gasteiger partial charge in [-0.05, 0) is 19.1 Å². The number of hydrogen-bond donors (Lipinski definition) is 0. The van der Waals surface area contributed by atoms with Gasteiger partial charge in [0.05, 0.1) is 11.4 Å². The van der Waals surface area contributed by atoms with Crippen LogP contribution in [0, 0.1) is 6.92 Å². The molecule has 0 fully saturated rings. The second-order valence-electron chi connectivity index (χ2n) is 2.97. The van der Waals surface area contributed by atoms with Crippen molar-refractivity contribution in [1.29, 1.82) is 0 Å². The summed E-state index contributed by atoms with van der Waals surface area (Å²) in [7, 11) is 0. The van der Waals surface area contributed by atoms with E-state index in [1.54, 1.807) is 18.4 Å². The molecule has 0 aromatic carbocycles. The lowest BCUT2D eigenvalue weighted by Crippen LogP contribution is -1.77. The van der Waals surface area contributed by atoms with Gasteiger partial charge in [-0.15, -0.1) is 0 Å². The quantitative estimate of drug-likeness (QED) is 0.589. The number of furan rings is 1. The molecule has 2 heterocycles. The van der Waals surface area contributed by atoms with Crippen LogP contribution in [0.3, 0.4) is 0 Å². The van der Waals surface area contributed by atoms with E-state index in [1.165, 1.54) is 11.8 Å². The molecule has 4 nitrogen and oxygen atoms in total. The molecule has 0 saturated heterocycles. The van der Waals surface area contributed by atoms with Gasteiger partial charge in [0.1, 0.15) is 12.0 Å². The summed E-state index contributed by atoms with van der Waals surface area (Å²) in [5.74, 6) is 1.68. The van der Waals surface area contributed by atoms with Crippen molar-refractivity contribution >= 4 is 18.0 Å². The van der Waals surface area contributed by atoms with E-state index in [0.717, 1.165) is 11.5 Å². The molecule has 2 rings (SSSR count). The normalized spacial score (nSPS) is 10.5. The highest BCUT2D eigenvalue weighted by Gasteiger charge is 2.05. The maximum absolute atomic E-state index is 10.4. The first-order valence-electron chi connectivity index (χ1n) is 4.37. The molecule has 0 bridgehead atoms. The average molecular weight is 223 g/mol. The van der Waals surface area contributed by atoms with Crippen molar-refractivity contribution in [2.24, 2.45) is 0 Å². The molecule has 15 heavy (non-hydrogen) atoms. The van der Waals surface area contributed by atoms with Crippen molar-refractivity contribution in [2.45, 2.75) is 17.9 Å². The molecular weight excluding hydrogens is 214 g/mol. The summed E-state index contributed by atoms with van der Waals surface area (Å²) in [6, 6.07) is 3.41. The van der Waals surface area contributed by atoms with Gasteiger partial charge < -0.3 is 8.83 Å². The highest BCUT2D eigenvalue weighted by Crippen LogP contribution is 2.22. The predicted octanol–water partition coefficient (Wildman–Crippen LogP) is 2.68. The number of aldehydes is 1. The Kier molecular flexibility index (Phi) is 2.91. The molecule has 0 aliphatic carbocycles. The number of aromatic nitrogens is 1. The van der Waals surface area contributed by atoms with Crippen LogP contribution in [0.25, 0.3) is 0 Å². The summed E-state index contributed by atoms with van der Waals surface area (Å²) < 4.78 is 10.4. The first-order chi connectivity index (χ1) is 7.28. The van der Waals surface area contributed by atoms with Gasteiger partial charge in [0.25, 0.3) is 5.22 Å². The molecule has 5 heteroatoms. The number of nitrogens with zero attached hydrogens (tertiary/aromatic N) is 1. The fourth-order valence-electron chi connectivity index (χ4n) is 1.07. The molecule has 0 aliphatic rings.